The van der Waals surface area contributed by atoms with E-state index in [1.807, 2.05) is 4.90 Å². The summed E-state index contributed by atoms with van der Waals surface area (Å²) in [5.74, 6) is -0.351. The molecule has 0 saturated carbocycles. The lowest BCUT2D eigenvalue weighted by atomic mass is 9.79. The number of hydrogen-bond acceptors (Lipinski definition) is 9. The van der Waals surface area contributed by atoms with Gasteiger partial charge in [-0.05, 0) is 78.5 Å². The number of nitrogens with one attached hydrogen (secondary N) is 3. The van der Waals surface area contributed by atoms with Gasteiger partial charge in [-0.1, -0.05) is 0 Å². The Morgan fingerprint density at radius 1 is 1.15 bits per heavy atom. The molecule has 0 aliphatic carbocycles. The van der Waals surface area contributed by atoms with Crippen LogP contribution >= 0.6 is 0 Å². The molecule has 0 bridgehead atoms. The fraction of sp³-hybridized carbons (Fsp3) is 0.607. The largest absolute Gasteiger partial charge is 0.486 e. The summed E-state index contributed by atoms with van der Waals surface area (Å²) in [6.45, 7) is 7.21. The van der Waals surface area contributed by atoms with Crippen LogP contribution < -0.4 is 25.4 Å². The van der Waals surface area contributed by atoms with E-state index in [1.165, 1.54) is 6.07 Å². The van der Waals surface area contributed by atoms with E-state index in [9.17, 15) is 18.0 Å². The third-order valence-electron chi connectivity index (χ3n) is 7.09. The maximum absolute atomic E-state index is 14.7. The molecule has 2 aromatic rings. The normalized spacial score (nSPS) is 21.4. The number of carbonyl (C=O) groups is 1. The summed E-state index contributed by atoms with van der Waals surface area (Å²) in [6.07, 6.45) is 5.51. The highest BCUT2D eigenvalue weighted by Gasteiger charge is 2.38. The summed E-state index contributed by atoms with van der Waals surface area (Å²) in [7, 11) is 0. The Hall–Kier alpha value is -3.12. The lowest BCUT2D eigenvalue weighted by Gasteiger charge is -2.46. The zero-order chi connectivity index (χ0) is 28.9. The van der Waals surface area contributed by atoms with E-state index >= 15 is 0 Å². The lowest BCUT2D eigenvalue weighted by Crippen LogP contribution is -2.60. The molecule has 0 radical (unpaired) electrons. The Morgan fingerprint density at radius 2 is 1.90 bits per heavy atom. The van der Waals surface area contributed by atoms with Crippen LogP contribution in [-0.2, 0) is 4.79 Å². The predicted molar refractivity (Wildman–Crippen MR) is 147 cm³/mol. The maximum Gasteiger partial charge on any atom is 0.387 e. The number of piperidine rings is 1. The number of aldehydes is 1. The monoisotopic (exact) mass is 564 g/mol. The van der Waals surface area contributed by atoms with Gasteiger partial charge in [0.15, 0.2) is 23.1 Å². The van der Waals surface area contributed by atoms with E-state index in [0.717, 1.165) is 44.7 Å². The zero-order valence-corrected chi connectivity index (χ0v) is 23.5. The molecule has 3 heterocycles. The van der Waals surface area contributed by atoms with Crippen molar-refractivity contribution in [3.8, 4) is 11.5 Å². The Kier molecular flexibility index (Phi) is 9.40. The van der Waals surface area contributed by atoms with Crippen LogP contribution in [0, 0.1) is 5.82 Å². The van der Waals surface area contributed by atoms with Gasteiger partial charge in [0.05, 0.1) is 12.7 Å². The Morgan fingerprint density at radius 3 is 2.60 bits per heavy atom. The molecule has 220 valence electrons. The highest BCUT2D eigenvalue weighted by atomic mass is 19.3. The minimum absolute atomic E-state index is 0.0134. The van der Waals surface area contributed by atoms with E-state index in [0.29, 0.717) is 25.2 Å². The second-order valence-electron chi connectivity index (χ2n) is 11.8. The van der Waals surface area contributed by atoms with Crippen LogP contribution in [-0.4, -0.2) is 70.6 Å². The molecule has 2 fully saturated rings. The van der Waals surface area contributed by atoms with Gasteiger partial charge in [0.25, 0.3) is 0 Å². The molecule has 1 unspecified atom stereocenters. The average molecular weight is 565 g/mol. The van der Waals surface area contributed by atoms with Gasteiger partial charge >= 0.3 is 6.61 Å². The topological polar surface area (TPSA) is 101 Å². The van der Waals surface area contributed by atoms with Crippen molar-refractivity contribution < 1.29 is 27.4 Å². The molecule has 2 aliphatic heterocycles. The second kappa shape index (κ2) is 12.6. The van der Waals surface area contributed by atoms with Gasteiger partial charge < -0.3 is 30.2 Å². The summed E-state index contributed by atoms with van der Waals surface area (Å²) in [6, 6.07) is 4.56. The molecule has 1 aromatic carbocycles. The first-order chi connectivity index (χ1) is 18.9. The molecule has 2 saturated heterocycles. The third kappa shape index (κ3) is 8.44. The Labute approximate surface area is 233 Å². The van der Waals surface area contributed by atoms with Crippen molar-refractivity contribution in [2.75, 3.05) is 30.3 Å². The summed E-state index contributed by atoms with van der Waals surface area (Å²) < 4.78 is 52.0. The number of alkyl halides is 2. The van der Waals surface area contributed by atoms with Gasteiger partial charge in [-0.3, -0.25) is 4.90 Å². The molecule has 1 aromatic heterocycles. The van der Waals surface area contributed by atoms with Crippen LogP contribution in [0.5, 0.6) is 11.5 Å². The fourth-order valence-corrected chi connectivity index (χ4v) is 5.86. The van der Waals surface area contributed by atoms with Crippen LogP contribution in [0.1, 0.15) is 59.8 Å². The van der Waals surface area contributed by atoms with Gasteiger partial charge in [-0.25, -0.2) is 9.37 Å². The molecule has 40 heavy (non-hydrogen) atoms. The molecule has 2 aliphatic rings. The number of hydrogen-bond donors (Lipinski definition) is 3. The zero-order valence-electron chi connectivity index (χ0n) is 23.5. The van der Waals surface area contributed by atoms with Crippen molar-refractivity contribution >= 4 is 23.7 Å². The van der Waals surface area contributed by atoms with Crippen LogP contribution in [0.15, 0.2) is 24.4 Å². The quantitative estimate of drug-likeness (QED) is 0.340. The molecule has 9 nitrogen and oxygen atoms in total. The van der Waals surface area contributed by atoms with Gasteiger partial charge in [0, 0.05) is 35.4 Å². The van der Waals surface area contributed by atoms with Gasteiger partial charge in [0.2, 0.25) is 5.95 Å². The molecule has 4 rings (SSSR count). The number of ether oxygens (including phenoxy) is 2. The first-order valence-electron chi connectivity index (χ1n) is 13.7. The number of carbonyl (C=O) groups excluding carboxylic acids is 1. The second-order valence-corrected chi connectivity index (χ2v) is 11.8. The van der Waals surface area contributed by atoms with Gasteiger partial charge in [-0.15, -0.1) is 0 Å². The number of benzene rings is 1. The number of likely N-dealkylation sites (tertiary alicyclic amines) is 1. The minimum atomic E-state index is -3.05. The van der Waals surface area contributed by atoms with E-state index in [2.05, 4.69) is 53.6 Å². The van der Waals surface area contributed by atoms with E-state index in [-0.39, 0.29) is 46.5 Å². The third-order valence-corrected chi connectivity index (χ3v) is 7.09. The van der Waals surface area contributed by atoms with Crippen LogP contribution in [0.4, 0.5) is 30.6 Å². The van der Waals surface area contributed by atoms with Crippen molar-refractivity contribution in [1.82, 2.24) is 20.2 Å². The number of halogens is 3. The molecular weight excluding hydrogens is 525 g/mol. The minimum Gasteiger partial charge on any atom is -0.486 e. The SMILES string of the molecule is CC1(C)CC(Nc2nc(Nc3ccc(OC4CCCN(CC=O)CC4)c(OC(F)F)c3)ncc2F)CC(C)(C)N1. The Balaban J connectivity index is 1.47. The summed E-state index contributed by atoms with van der Waals surface area (Å²) in [5, 5.41) is 9.77. The first kappa shape index (κ1) is 29.9. The first-order valence-corrected chi connectivity index (χ1v) is 13.7. The molecule has 12 heteroatoms. The smallest absolute Gasteiger partial charge is 0.387 e. The molecule has 0 amide bonds. The lowest BCUT2D eigenvalue weighted by molar-refractivity contribution is -0.108. The number of nitrogens with zero attached hydrogens (tertiary/aromatic N) is 3. The number of anilines is 3. The van der Waals surface area contributed by atoms with Crippen molar-refractivity contribution in [1.29, 1.82) is 0 Å². The Bertz CT molecular complexity index is 1150. The number of aromatic nitrogens is 2. The molecule has 3 N–H and O–H groups in total. The maximum atomic E-state index is 14.7. The average Bonchev–Trinajstić information content (AvgIpc) is 3.06. The summed E-state index contributed by atoms with van der Waals surface area (Å²) in [5.41, 5.74) is 0.101. The van der Waals surface area contributed by atoms with Crippen LogP contribution in [0.25, 0.3) is 0 Å². The van der Waals surface area contributed by atoms with E-state index in [1.54, 1.807) is 12.1 Å². The van der Waals surface area contributed by atoms with E-state index < -0.39 is 12.4 Å². The van der Waals surface area contributed by atoms with Gasteiger partial charge in [0.1, 0.15) is 12.4 Å². The van der Waals surface area contributed by atoms with E-state index in [4.69, 9.17) is 9.47 Å². The molecule has 0 spiro atoms. The van der Waals surface area contributed by atoms with Gasteiger partial charge in [-0.2, -0.15) is 13.8 Å². The summed E-state index contributed by atoms with van der Waals surface area (Å²) in [4.78, 5) is 21.2. The standard InChI is InChI=1S/C28H39F3N6O3/c1-27(2)15-19(16-28(3,4)36-27)33-24-21(29)17-32-26(35-24)34-18-7-8-22(23(14-18)40-25(30)31)39-20-6-5-10-37(11-9-20)12-13-38/h7-8,13-14,17,19-20,25,36H,5-6,9-12,15-16H2,1-4H3,(H2,32,33,34,35). The highest BCUT2D eigenvalue weighted by Crippen LogP contribution is 2.35. The van der Waals surface area contributed by atoms with Crippen molar-refractivity contribution in [3.05, 3.63) is 30.2 Å². The molecule has 1 atom stereocenters. The van der Waals surface area contributed by atoms with Crippen molar-refractivity contribution in [3.63, 3.8) is 0 Å². The summed E-state index contributed by atoms with van der Waals surface area (Å²) >= 11 is 0. The number of rotatable bonds is 10. The van der Waals surface area contributed by atoms with Crippen molar-refractivity contribution in [2.45, 2.75) is 89.6 Å². The van der Waals surface area contributed by atoms with Crippen molar-refractivity contribution in [2.24, 2.45) is 0 Å². The molecular formula is C28H39F3N6O3. The fourth-order valence-electron chi connectivity index (χ4n) is 5.86. The van der Waals surface area contributed by atoms with Crippen LogP contribution in [0.2, 0.25) is 0 Å². The van der Waals surface area contributed by atoms with Crippen LogP contribution in [0.3, 0.4) is 0 Å². The predicted octanol–water partition coefficient (Wildman–Crippen LogP) is 5.11. The highest BCUT2D eigenvalue weighted by molar-refractivity contribution is 5.60.